The molecule has 1 N–H and O–H groups in total. The molecule has 0 atom stereocenters. The number of carbonyl (C=O) groups excluding carboxylic acids is 1. The van der Waals surface area contributed by atoms with Crippen molar-refractivity contribution in [2.45, 2.75) is 13.5 Å². The second kappa shape index (κ2) is 6.21. The lowest BCUT2D eigenvalue weighted by atomic mass is 10.1. The number of hydrogen-bond donors (Lipinski definition) is 1. The molecule has 0 unspecified atom stereocenters. The molecule has 1 heterocycles. The van der Waals surface area contributed by atoms with Crippen LogP contribution in [0.1, 0.15) is 22.8 Å². The number of H-pyrrole nitrogens is 1. The maximum Gasteiger partial charge on any atom is 0.328 e. The van der Waals surface area contributed by atoms with Crippen molar-refractivity contribution in [1.82, 2.24) is 14.5 Å². The van der Waals surface area contributed by atoms with Gasteiger partial charge in [0.2, 0.25) is 0 Å². The third kappa shape index (κ3) is 3.28. The van der Waals surface area contributed by atoms with Crippen molar-refractivity contribution in [3.05, 3.63) is 68.5 Å². The molecule has 0 aliphatic heterocycles. The van der Waals surface area contributed by atoms with E-state index >= 15 is 0 Å². The first kappa shape index (κ1) is 14.8. The molecule has 1 aromatic heterocycles. The average molecular weight is 287 g/mol. The van der Waals surface area contributed by atoms with Gasteiger partial charge in [-0.15, -0.1) is 0 Å². The zero-order valence-corrected chi connectivity index (χ0v) is 12.0. The van der Waals surface area contributed by atoms with Crippen molar-refractivity contribution in [3.63, 3.8) is 0 Å². The summed E-state index contributed by atoms with van der Waals surface area (Å²) in [5.74, 6) is -0.0567. The van der Waals surface area contributed by atoms with Crippen molar-refractivity contribution in [1.29, 1.82) is 0 Å². The predicted molar refractivity (Wildman–Crippen MR) is 79.5 cm³/mol. The van der Waals surface area contributed by atoms with Crippen LogP contribution >= 0.6 is 0 Å². The van der Waals surface area contributed by atoms with E-state index in [9.17, 15) is 14.4 Å². The number of amides is 1. The zero-order chi connectivity index (χ0) is 15.4. The fourth-order valence-electron chi connectivity index (χ4n) is 1.90. The smallest absolute Gasteiger partial charge is 0.328 e. The summed E-state index contributed by atoms with van der Waals surface area (Å²) in [6.07, 6.45) is 1.32. The van der Waals surface area contributed by atoms with E-state index in [0.29, 0.717) is 12.1 Å². The first-order valence-corrected chi connectivity index (χ1v) is 6.66. The van der Waals surface area contributed by atoms with Gasteiger partial charge in [-0.25, -0.2) is 4.79 Å². The minimum atomic E-state index is -0.451. The van der Waals surface area contributed by atoms with Crippen molar-refractivity contribution in [3.8, 4) is 0 Å². The molecule has 0 aliphatic rings. The standard InChI is InChI=1S/C15H17N3O3/c1-3-17(2)14(20)12-6-4-11(5-7-12)10-18-13(19)8-9-16-15(18)21/h4-9H,3,10H2,1-2H3,(H,16,21). The fraction of sp³-hybridized carbons (Fsp3) is 0.267. The van der Waals surface area contributed by atoms with Crippen LogP contribution in [0.4, 0.5) is 0 Å². The maximum atomic E-state index is 12.0. The van der Waals surface area contributed by atoms with E-state index in [-0.39, 0.29) is 18.0 Å². The van der Waals surface area contributed by atoms with E-state index in [4.69, 9.17) is 0 Å². The number of carbonyl (C=O) groups is 1. The Bertz CT molecular complexity index is 715. The van der Waals surface area contributed by atoms with Gasteiger partial charge in [-0.3, -0.25) is 14.2 Å². The number of nitrogens with zero attached hydrogens (tertiary/aromatic N) is 2. The summed E-state index contributed by atoms with van der Waals surface area (Å²) in [5, 5.41) is 0. The van der Waals surface area contributed by atoms with E-state index in [1.165, 1.54) is 12.3 Å². The quantitative estimate of drug-likeness (QED) is 0.898. The van der Waals surface area contributed by atoms with E-state index < -0.39 is 5.69 Å². The number of aromatic nitrogens is 2. The Morgan fingerprint density at radius 2 is 1.86 bits per heavy atom. The van der Waals surface area contributed by atoms with Crippen LogP contribution in [0.15, 0.2) is 46.1 Å². The van der Waals surface area contributed by atoms with Crippen molar-refractivity contribution in [2.75, 3.05) is 13.6 Å². The molecule has 0 spiro atoms. The monoisotopic (exact) mass is 287 g/mol. The number of rotatable bonds is 4. The van der Waals surface area contributed by atoms with Crippen LogP contribution < -0.4 is 11.2 Å². The molecular weight excluding hydrogens is 270 g/mol. The van der Waals surface area contributed by atoms with Gasteiger partial charge in [-0.2, -0.15) is 0 Å². The van der Waals surface area contributed by atoms with Crippen LogP contribution in [0.2, 0.25) is 0 Å². The van der Waals surface area contributed by atoms with Crippen LogP contribution in [0.25, 0.3) is 0 Å². The summed E-state index contributed by atoms with van der Waals surface area (Å²) < 4.78 is 1.11. The molecule has 110 valence electrons. The zero-order valence-electron chi connectivity index (χ0n) is 12.0. The van der Waals surface area contributed by atoms with Crippen LogP contribution in [0, 0.1) is 0 Å². The van der Waals surface area contributed by atoms with Gasteiger partial charge in [0.05, 0.1) is 6.54 Å². The number of nitrogens with one attached hydrogen (secondary N) is 1. The Hall–Kier alpha value is -2.63. The molecule has 0 fully saturated rings. The van der Waals surface area contributed by atoms with E-state index in [0.717, 1.165) is 10.1 Å². The van der Waals surface area contributed by atoms with Gasteiger partial charge < -0.3 is 9.88 Å². The highest BCUT2D eigenvalue weighted by molar-refractivity contribution is 5.94. The summed E-state index contributed by atoms with van der Waals surface area (Å²) in [5.41, 5.74) is 0.555. The molecule has 0 bridgehead atoms. The molecule has 0 radical (unpaired) electrons. The van der Waals surface area contributed by atoms with Crippen molar-refractivity contribution >= 4 is 5.91 Å². The molecule has 6 heteroatoms. The Kier molecular flexibility index (Phi) is 4.37. The second-order valence-electron chi connectivity index (χ2n) is 4.72. The maximum absolute atomic E-state index is 12.0. The van der Waals surface area contributed by atoms with Gasteiger partial charge in [0.1, 0.15) is 0 Å². The molecule has 0 aliphatic carbocycles. The number of hydrogen-bond acceptors (Lipinski definition) is 3. The lowest BCUT2D eigenvalue weighted by Gasteiger charge is -2.14. The highest BCUT2D eigenvalue weighted by Crippen LogP contribution is 2.07. The molecule has 0 saturated carbocycles. The van der Waals surface area contributed by atoms with Gasteiger partial charge in [0.25, 0.3) is 11.5 Å². The normalized spacial score (nSPS) is 10.4. The Morgan fingerprint density at radius 3 is 2.43 bits per heavy atom. The topological polar surface area (TPSA) is 75.2 Å². The van der Waals surface area contributed by atoms with E-state index in [1.807, 2.05) is 6.92 Å². The van der Waals surface area contributed by atoms with Gasteiger partial charge >= 0.3 is 5.69 Å². The van der Waals surface area contributed by atoms with Crippen LogP contribution in [0.5, 0.6) is 0 Å². The fourth-order valence-corrected chi connectivity index (χ4v) is 1.90. The van der Waals surface area contributed by atoms with Gasteiger partial charge in [-0.1, -0.05) is 12.1 Å². The summed E-state index contributed by atoms with van der Waals surface area (Å²) in [7, 11) is 1.74. The molecule has 6 nitrogen and oxygen atoms in total. The Balaban J connectivity index is 2.22. The van der Waals surface area contributed by atoms with E-state index in [2.05, 4.69) is 4.98 Å². The van der Waals surface area contributed by atoms with E-state index in [1.54, 1.807) is 36.2 Å². The molecule has 1 amide bonds. The van der Waals surface area contributed by atoms with Crippen LogP contribution in [0.3, 0.4) is 0 Å². The lowest BCUT2D eigenvalue weighted by Crippen LogP contribution is -2.34. The van der Waals surface area contributed by atoms with Crippen LogP contribution in [-0.2, 0) is 6.54 Å². The minimum absolute atomic E-state index is 0.0567. The molecule has 2 rings (SSSR count). The SMILES string of the molecule is CCN(C)C(=O)c1ccc(Cn2c(=O)cc[nH]c2=O)cc1. The highest BCUT2D eigenvalue weighted by Gasteiger charge is 2.09. The molecule has 21 heavy (non-hydrogen) atoms. The number of benzene rings is 1. The van der Waals surface area contributed by atoms with Gasteiger partial charge in [-0.05, 0) is 24.6 Å². The first-order valence-electron chi connectivity index (χ1n) is 6.66. The summed E-state index contributed by atoms with van der Waals surface area (Å²) in [6, 6.07) is 8.19. The highest BCUT2D eigenvalue weighted by atomic mass is 16.2. The minimum Gasteiger partial charge on any atom is -0.342 e. The molecular formula is C15H17N3O3. The Morgan fingerprint density at radius 1 is 1.19 bits per heavy atom. The first-order chi connectivity index (χ1) is 10.0. The molecule has 1 aromatic carbocycles. The van der Waals surface area contributed by atoms with Crippen molar-refractivity contribution in [2.24, 2.45) is 0 Å². The Labute approximate surface area is 121 Å². The molecule has 0 saturated heterocycles. The van der Waals surface area contributed by atoms with Crippen LogP contribution in [-0.4, -0.2) is 34.0 Å². The number of aromatic amines is 1. The van der Waals surface area contributed by atoms with Gasteiger partial charge in [0, 0.05) is 31.4 Å². The predicted octanol–water partition coefficient (Wildman–Crippen LogP) is 0.677. The average Bonchev–Trinajstić information content (AvgIpc) is 2.50. The molecule has 2 aromatic rings. The third-order valence-corrected chi connectivity index (χ3v) is 3.31. The van der Waals surface area contributed by atoms with Gasteiger partial charge in [0.15, 0.2) is 0 Å². The summed E-state index contributed by atoms with van der Waals surface area (Å²) >= 11 is 0. The second-order valence-corrected chi connectivity index (χ2v) is 4.72. The third-order valence-electron chi connectivity index (χ3n) is 3.31. The lowest BCUT2D eigenvalue weighted by molar-refractivity contribution is 0.0802. The summed E-state index contributed by atoms with van der Waals surface area (Å²) in [4.78, 5) is 39.3. The van der Waals surface area contributed by atoms with Crippen molar-refractivity contribution < 1.29 is 4.79 Å². The largest absolute Gasteiger partial charge is 0.342 e. The summed E-state index contributed by atoms with van der Waals surface area (Å²) in [6.45, 7) is 2.71.